The number of aliphatic imine (C=N–C) groups is 1. The second kappa shape index (κ2) is 10.5. The van der Waals surface area contributed by atoms with Crippen molar-refractivity contribution in [3.8, 4) is 5.75 Å². The number of piperazine rings is 1. The number of nitrogens with one attached hydrogen (secondary N) is 1. The van der Waals surface area contributed by atoms with Crippen molar-refractivity contribution in [1.29, 1.82) is 0 Å². The fraction of sp³-hybridized carbons (Fsp3) is 0.381. The molecule has 0 spiro atoms. The lowest BCUT2D eigenvalue weighted by Crippen LogP contribution is -2.45. The molecule has 0 aromatic heterocycles. The van der Waals surface area contributed by atoms with Gasteiger partial charge >= 0.3 is 0 Å². The summed E-state index contributed by atoms with van der Waals surface area (Å²) >= 11 is 0. The molecular weight excluding hydrogens is 357 g/mol. The summed E-state index contributed by atoms with van der Waals surface area (Å²) in [6, 6.07) is 4.92. The summed E-state index contributed by atoms with van der Waals surface area (Å²) in [4.78, 5) is 6.06. The van der Waals surface area contributed by atoms with E-state index in [9.17, 15) is 9.50 Å². The lowest BCUT2D eigenvalue weighted by atomic mass is 10.0. The number of hydrogen-bond acceptors (Lipinski definition) is 5. The van der Waals surface area contributed by atoms with Crippen molar-refractivity contribution in [2.45, 2.75) is 20.3 Å². The molecule has 0 bridgehead atoms. The number of benzene rings is 1. The highest BCUT2D eigenvalue weighted by Crippen LogP contribution is 2.27. The molecule has 2 N–H and O–H groups in total. The van der Waals surface area contributed by atoms with E-state index in [-0.39, 0.29) is 18.0 Å². The standard InChI is InChI=1S/C21H28FN5O/c1-5-19(22)18(14-23-4)16-7-8-17(21(28)13-16)20(6-2)26-25-15(3)27-11-9-24-10-12-27/h6-8,13-14,24,28H,2,5,9-12H2,1,3-4H3/b19-18-,23-14?,25-15+,26-20+. The molecule has 1 aromatic rings. The summed E-state index contributed by atoms with van der Waals surface area (Å²) in [5.41, 5.74) is 1.84. The summed E-state index contributed by atoms with van der Waals surface area (Å²) in [6.45, 7) is 11.0. The maximum absolute atomic E-state index is 14.2. The van der Waals surface area contributed by atoms with Crippen LogP contribution in [0.5, 0.6) is 5.75 Å². The highest BCUT2D eigenvalue weighted by atomic mass is 19.1. The Morgan fingerprint density at radius 2 is 2.04 bits per heavy atom. The molecule has 1 aromatic carbocycles. The van der Waals surface area contributed by atoms with Crippen LogP contribution in [-0.2, 0) is 0 Å². The Bertz CT molecular complexity index is 820. The Morgan fingerprint density at radius 3 is 2.61 bits per heavy atom. The van der Waals surface area contributed by atoms with E-state index in [4.69, 9.17) is 0 Å². The van der Waals surface area contributed by atoms with Gasteiger partial charge in [0.15, 0.2) is 0 Å². The van der Waals surface area contributed by atoms with Crippen molar-refractivity contribution in [1.82, 2.24) is 10.2 Å². The van der Waals surface area contributed by atoms with Gasteiger partial charge in [0.2, 0.25) is 0 Å². The summed E-state index contributed by atoms with van der Waals surface area (Å²) in [6.07, 6.45) is 3.25. The normalized spacial score (nSPS) is 17.1. The topological polar surface area (TPSA) is 72.6 Å². The molecule has 1 aliphatic heterocycles. The Morgan fingerprint density at radius 1 is 1.32 bits per heavy atom. The molecule has 1 fully saturated rings. The van der Waals surface area contributed by atoms with Gasteiger partial charge < -0.3 is 15.3 Å². The number of phenols is 1. The van der Waals surface area contributed by atoms with E-state index >= 15 is 0 Å². The van der Waals surface area contributed by atoms with E-state index in [0.717, 1.165) is 32.0 Å². The van der Waals surface area contributed by atoms with Crippen LogP contribution >= 0.6 is 0 Å². The van der Waals surface area contributed by atoms with Gasteiger partial charge in [0.25, 0.3) is 0 Å². The van der Waals surface area contributed by atoms with Gasteiger partial charge in [0, 0.05) is 50.6 Å². The van der Waals surface area contributed by atoms with Crippen LogP contribution in [0, 0.1) is 0 Å². The molecule has 1 heterocycles. The van der Waals surface area contributed by atoms with Gasteiger partial charge in [-0.1, -0.05) is 19.6 Å². The first-order valence-corrected chi connectivity index (χ1v) is 9.36. The van der Waals surface area contributed by atoms with Gasteiger partial charge in [-0.2, -0.15) is 0 Å². The molecule has 0 atom stereocenters. The van der Waals surface area contributed by atoms with E-state index < -0.39 is 0 Å². The molecule has 1 saturated heterocycles. The first kappa shape index (κ1) is 21.5. The predicted octanol–water partition coefficient (Wildman–Crippen LogP) is 3.40. The molecule has 0 amide bonds. The van der Waals surface area contributed by atoms with Crippen LogP contribution in [0.1, 0.15) is 31.4 Å². The second-order valence-electron chi connectivity index (χ2n) is 6.36. The third-order valence-electron chi connectivity index (χ3n) is 4.52. The summed E-state index contributed by atoms with van der Waals surface area (Å²) in [5.74, 6) is 0.509. The van der Waals surface area contributed by atoms with Crippen LogP contribution in [0.15, 0.2) is 51.9 Å². The van der Waals surface area contributed by atoms with Crippen LogP contribution in [0.2, 0.25) is 0 Å². The second-order valence-corrected chi connectivity index (χ2v) is 6.36. The molecule has 0 unspecified atom stereocenters. The number of aromatic hydroxyl groups is 1. The number of phenolic OH excluding ortho intramolecular Hbond substituents is 1. The largest absolute Gasteiger partial charge is 0.507 e. The fourth-order valence-corrected chi connectivity index (χ4v) is 2.92. The quantitative estimate of drug-likeness (QED) is 0.448. The van der Waals surface area contributed by atoms with Gasteiger partial charge in [-0.3, -0.25) is 4.99 Å². The minimum absolute atomic E-state index is 0.0166. The van der Waals surface area contributed by atoms with Crippen LogP contribution in [0.4, 0.5) is 4.39 Å². The van der Waals surface area contributed by atoms with Crippen molar-refractivity contribution in [3.63, 3.8) is 0 Å². The molecule has 150 valence electrons. The van der Waals surface area contributed by atoms with Crippen molar-refractivity contribution in [3.05, 3.63) is 47.8 Å². The first-order valence-electron chi connectivity index (χ1n) is 9.36. The molecule has 0 aliphatic carbocycles. The molecule has 2 rings (SSSR count). The van der Waals surface area contributed by atoms with Gasteiger partial charge in [-0.25, -0.2) is 4.39 Å². The smallest absolute Gasteiger partial charge is 0.125 e. The third-order valence-corrected chi connectivity index (χ3v) is 4.52. The Hall–Kier alpha value is -2.80. The Labute approximate surface area is 165 Å². The van der Waals surface area contributed by atoms with E-state index in [1.54, 1.807) is 32.2 Å². The summed E-state index contributed by atoms with van der Waals surface area (Å²) < 4.78 is 14.2. The first-order chi connectivity index (χ1) is 13.5. The minimum Gasteiger partial charge on any atom is -0.507 e. The summed E-state index contributed by atoms with van der Waals surface area (Å²) in [7, 11) is 1.58. The molecule has 28 heavy (non-hydrogen) atoms. The number of halogens is 1. The summed E-state index contributed by atoms with van der Waals surface area (Å²) in [5, 5.41) is 22.3. The average molecular weight is 385 g/mol. The maximum atomic E-state index is 14.2. The highest BCUT2D eigenvalue weighted by Gasteiger charge is 2.13. The Balaban J connectivity index is 2.33. The van der Waals surface area contributed by atoms with Gasteiger partial charge in [-0.15, -0.1) is 10.2 Å². The Kier molecular flexibility index (Phi) is 8.07. The van der Waals surface area contributed by atoms with E-state index in [0.29, 0.717) is 22.4 Å². The van der Waals surface area contributed by atoms with Crippen LogP contribution in [0.25, 0.3) is 5.57 Å². The van der Waals surface area contributed by atoms with E-state index in [1.807, 2.05) is 6.92 Å². The highest BCUT2D eigenvalue weighted by molar-refractivity contribution is 6.13. The van der Waals surface area contributed by atoms with Gasteiger partial charge in [0.05, 0.1) is 5.71 Å². The monoisotopic (exact) mass is 385 g/mol. The number of amidine groups is 1. The van der Waals surface area contributed by atoms with Crippen LogP contribution in [0.3, 0.4) is 0 Å². The third kappa shape index (κ3) is 5.36. The number of rotatable bonds is 6. The van der Waals surface area contributed by atoms with Crippen LogP contribution < -0.4 is 5.32 Å². The zero-order valence-corrected chi connectivity index (χ0v) is 16.7. The number of hydrogen-bond donors (Lipinski definition) is 2. The van der Waals surface area contributed by atoms with Gasteiger partial charge in [-0.05, 0) is 37.1 Å². The molecule has 0 radical (unpaired) electrons. The lowest BCUT2D eigenvalue weighted by Gasteiger charge is -2.28. The number of nitrogens with zero attached hydrogens (tertiary/aromatic N) is 4. The minimum atomic E-state index is -0.286. The molecular formula is C21H28FN5O. The molecule has 1 aliphatic rings. The zero-order valence-electron chi connectivity index (χ0n) is 16.7. The lowest BCUT2D eigenvalue weighted by molar-refractivity contribution is 0.355. The van der Waals surface area contributed by atoms with Gasteiger partial charge in [0.1, 0.15) is 17.4 Å². The SMILES string of the molecule is C=C/C(=N\N=C(/C)N1CCNCC1)c1ccc(/C(C=NC)=C(\F)CC)cc1O. The number of allylic oxidation sites excluding steroid dienone is 3. The van der Waals surface area contributed by atoms with Crippen LogP contribution in [-0.4, -0.2) is 61.0 Å². The van der Waals surface area contributed by atoms with E-state index in [1.165, 1.54) is 12.3 Å². The van der Waals surface area contributed by atoms with Crippen molar-refractivity contribution in [2.75, 3.05) is 33.2 Å². The van der Waals surface area contributed by atoms with Crippen molar-refractivity contribution >= 4 is 23.3 Å². The van der Waals surface area contributed by atoms with E-state index in [2.05, 4.69) is 32.0 Å². The zero-order chi connectivity index (χ0) is 20.5. The predicted molar refractivity (Wildman–Crippen MR) is 115 cm³/mol. The maximum Gasteiger partial charge on any atom is 0.125 e. The fourth-order valence-electron chi connectivity index (χ4n) is 2.92. The molecule has 0 saturated carbocycles. The van der Waals surface area contributed by atoms with Crippen molar-refractivity contribution < 1.29 is 9.50 Å². The average Bonchev–Trinajstić information content (AvgIpc) is 2.73. The molecule has 7 heteroatoms. The van der Waals surface area contributed by atoms with Crippen molar-refractivity contribution in [2.24, 2.45) is 15.2 Å². The molecule has 6 nitrogen and oxygen atoms in total.